The van der Waals surface area contributed by atoms with Gasteiger partial charge in [0.15, 0.2) is 29.8 Å². The van der Waals surface area contributed by atoms with Crippen LogP contribution >= 0.6 is 0 Å². The minimum atomic E-state index is -0.411. The summed E-state index contributed by atoms with van der Waals surface area (Å²) in [6, 6.07) is 3.94. The average Bonchev–Trinajstić information content (AvgIpc) is 3.43. The van der Waals surface area contributed by atoms with Gasteiger partial charge in [-0.2, -0.15) is 5.26 Å². The number of rotatable bonds is 6. The number of carbonyl (C=O) groups excluding carboxylic acids is 1. The number of methoxy groups -OCH3 is 2. The van der Waals surface area contributed by atoms with Gasteiger partial charge in [0, 0.05) is 43.8 Å². The average molecular weight is 563 g/mol. The zero-order valence-corrected chi connectivity index (χ0v) is 24.8. The first-order valence-corrected chi connectivity index (χ1v) is 14.1. The van der Waals surface area contributed by atoms with Crippen molar-refractivity contribution in [1.82, 2.24) is 15.1 Å². The lowest BCUT2D eigenvalue weighted by Crippen LogP contribution is -2.68. The lowest BCUT2D eigenvalue weighted by Gasteiger charge is -2.60. The molecule has 0 radical (unpaired) electrons. The topological polar surface area (TPSA) is 106 Å². The van der Waals surface area contributed by atoms with Crippen LogP contribution in [0.15, 0.2) is 6.07 Å². The van der Waals surface area contributed by atoms with E-state index in [0.29, 0.717) is 30.9 Å². The molecule has 1 amide bonds. The van der Waals surface area contributed by atoms with E-state index in [-0.39, 0.29) is 43.7 Å². The number of fused-ring (bicyclic) bond motifs is 9. The quantitative estimate of drug-likeness (QED) is 0.531. The van der Waals surface area contributed by atoms with Gasteiger partial charge in [0.25, 0.3) is 0 Å². The van der Waals surface area contributed by atoms with Gasteiger partial charge in [-0.1, -0.05) is 6.07 Å². The number of benzene rings is 2. The van der Waals surface area contributed by atoms with Gasteiger partial charge < -0.3 is 29.0 Å². The van der Waals surface area contributed by atoms with Crippen LogP contribution in [0.3, 0.4) is 0 Å². The summed E-state index contributed by atoms with van der Waals surface area (Å²) in [6.45, 7) is 8.36. The van der Waals surface area contributed by atoms with Gasteiger partial charge >= 0.3 is 0 Å². The van der Waals surface area contributed by atoms with Crippen LogP contribution in [0.1, 0.15) is 58.0 Å². The Morgan fingerprint density at radius 2 is 1.85 bits per heavy atom. The third kappa shape index (κ3) is 4.05. The number of hydrogen-bond acceptors (Lipinski definition) is 9. The molecule has 0 aliphatic carbocycles. The van der Waals surface area contributed by atoms with Gasteiger partial charge in [-0.25, -0.2) is 0 Å². The van der Waals surface area contributed by atoms with Gasteiger partial charge in [-0.3, -0.25) is 14.6 Å². The van der Waals surface area contributed by atoms with Gasteiger partial charge in [-0.15, -0.1) is 0 Å². The van der Waals surface area contributed by atoms with Gasteiger partial charge in [0.2, 0.25) is 12.7 Å². The first kappa shape index (κ1) is 27.6. The van der Waals surface area contributed by atoms with Crippen LogP contribution in [0.5, 0.6) is 23.0 Å². The van der Waals surface area contributed by atoms with Crippen LogP contribution in [-0.2, 0) is 22.4 Å². The highest BCUT2D eigenvalue weighted by Gasteiger charge is 2.56. The highest BCUT2D eigenvalue weighted by Crippen LogP contribution is 2.57. The van der Waals surface area contributed by atoms with Crippen molar-refractivity contribution in [1.29, 1.82) is 5.26 Å². The summed E-state index contributed by atoms with van der Waals surface area (Å²) in [7, 11) is 5.39. The summed E-state index contributed by atoms with van der Waals surface area (Å²) in [4.78, 5) is 16.9. The molecule has 10 nitrogen and oxygen atoms in total. The Morgan fingerprint density at radius 1 is 1.10 bits per heavy atom. The molecule has 1 N–H and O–H groups in total. The predicted octanol–water partition coefficient (Wildman–Crippen LogP) is 3.24. The molecule has 2 aromatic rings. The summed E-state index contributed by atoms with van der Waals surface area (Å²) in [5.74, 6) is 2.77. The van der Waals surface area contributed by atoms with E-state index in [2.05, 4.69) is 48.1 Å². The molecule has 10 heteroatoms. The first-order chi connectivity index (χ1) is 19.7. The summed E-state index contributed by atoms with van der Waals surface area (Å²) < 4.78 is 29.5. The normalized spacial score (nSPS) is 26.0. The molecule has 2 aromatic carbocycles. The van der Waals surface area contributed by atoms with E-state index in [9.17, 15) is 10.1 Å². The highest BCUT2D eigenvalue weighted by molar-refractivity contribution is 5.73. The summed E-state index contributed by atoms with van der Waals surface area (Å²) in [5.41, 5.74) is 7.66. The molecule has 4 aliphatic heterocycles. The molecule has 0 spiro atoms. The van der Waals surface area contributed by atoms with Crippen LogP contribution < -0.4 is 24.3 Å². The fraction of sp³-hybridized carbons (Fsp3) is 0.548. The van der Waals surface area contributed by atoms with Crippen LogP contribution in [0.4, 0.5) is 0 Å². The van der Waals surface area contributed by atoms with Crippen molar-refractivity contribution in [2.75, 3.05) is 41.4 Å². The molecule has 6 rings (SSSR count). The number of nitrogens with zero attached hydrogens (tertiary/aromatic N) is 3. The van der Waals surface area contributed by atoms with Gasteiger partial charge in [-0.05, 0) is 68.5 Å². The fourth-order valence-electron chi connectivity index (χ4n) is 7.71. The van der Waals surface area contributed by atoms with E-state index >= 15 is 0 Å². The first-order valence-electron chi connectivity index (χ1n) is 14.1. The number of amides is 1. The predicted molar refractivity (Wildman–Crippen MR) is 150 cm³/mol. The lowest BCUT2D eigenvalue weighted by atomic mass is 9.71. The molecular formula is C31H38N4O6. The summed E-state index contributed by atoms with van der Waals surface area (Å²) in [5, 5.41) is 13.8. The van der Waals surface area contributed by atoms with Crippen molar-refractivity contribution in [2.24, 2.45) is 0 Å². The van der Waals surface area contributed by atoms with Crippen LogP contribution in [-0.4, -0.2) is 75.2 Å². The zero-order chi connectivity index (χ0) is 29.2. The largest absolute Gasteiger partial charge is 0.493 e. The Balaban J connectivity index is 1.60. The maximum Gasteiger partial charge on any atom is 0.231 e. The molecule has 2 bridgehead atoms. The SMILES string of the molecule is COCOc1c(OC)c(C)cc2c1[C@@H]1C3Cc4c(C)c(C)c5c(c4[C@H](CNC(C)=O)N3[C@@H](C#N)[C@H](C2)N1C)OCO5. The van der Waals surface area contributed by atoms with Crippen molar-refractivity contribution in [3.05, 3.63) is 45.0 Å². The number of nitriles is 1. The number of hydrogen-bond donors (Lipinski definition) is 1. The van der Waals surface area contributed by atoms with E-state index in [1.165, 1.54) is 18.1 Å². The number of likely N-dealkylation sites (N-methyl/N-ethyl adjacent to an activating group) is 1. The molecule has 1 unspecified atom stereocenters. The van der Waals surface area contributed by atoms with Crippen molar-refractivity contribution < 1.29 is 28.5 Å². The molecular weight excluding hydrogens is 524 g/mol. The van der Waals surface area contributed by atoms with Crippen molar-refractivity contribution in [3.8, 4) is 29.1 Å². The monoisotopic (exact) mass is 562 g/mol. The van der Waals surface area contributed by atoms with E-state index < -0.39 is 6.04 Å². The smallest absolute Gasteiger partial charge is 0.231 e. The summed E-state index contributed by atoms with van der Waals surface area (Å²) in [6.07, 6.45) is 1.39. The third-order valence-electron chi connectivity index (χ3n) is 9.51. The molecule has 0 saturated carbocycles. The van der Waals surface area contributed by atoms with Crippen LogP contribution in [0, 0.1) is 32.1 Å². The van der Waals surface area contributed by atoms with E-state index in [1.54, 1.807) is 14.2 Å². The Hall–Kier alpha value is -3.52. The molecule has 1 fully saturated rings. The summed E-state index contributed by atoms with van der Waals surface area (Å²) >= 11 is 0. The van der Waals surface area contributed by atoms with Crippen molar-refractivity contribution in [2.45, 2.75) is 70.7 Å². The van der Waals surface area contributed by atoms with Gasteiger partial charge in [0.1, 0.15) is 6.04 Å². The van der Waals surface area contributed by atoms with Crippen molar-refractivity contribution >= 4 is 5.91 Å². The molecule has 1 saturated heterocycles. The van der Waals surface area contributed by atoms with Crippen molar-refractivity contribution in [3.63, 3.8) is 0 Å². The molecule has 4 heterocycles. The number of ether oxygens (including phenoxy) is 5. The fourth-order valence-corrected chi connectivity index (χ4v) is 7.71. The highest BCUT2D eigenvalue weighted by atomic mass is 16.7. The van der Waals surface area contributed by atoms with Crippen LogP contribution in [0.2, 0.25) is 0 Å². The lowest BCUT2D eigenvalue weighted by molar-refractivity contribution is -0.120. The van der Waals surface area contributed by atoms with E-state index in [0.717, 1.165) is 39.3 Å². The molecule has 4 aliphatic rings. The zero-order valence-electron chi connectivity index (χ0n) is 24.8. The minimum Gasteiger partial charge on any atom is -0.493 e. The molecule has 0 aromatic heterocycles. The molecule has 218 valence electrons. The second-order valence-corrected chi connectivity index (χ2v) is 11.5. The number of carbonyl (C=O) groups is 1. The van der Waals surface area contributed by atoms with E-state index in [4.69, 9.17) is 23.7 Å². The number of piperazine rings is 1. The Kier molecular flexibility index (Phi) is 7.00. The van der Waals surface area contributed by atoms with E-state index in [1.807, 2.05) is 6.92 Å². The number of nitrogens with one attached hydrogen (secondary N) is 1. The number of aryl methyl sites for hydroxylation is 1. The maximum atomic E-state index is 12.2. The Labute approximate surface area is 241 Å². The Morgan fingerprint density at radius 3 is 2.54 bits per heavy atom. The second-order valence-electron chi connectivity index (χ2n) is 11.5. The minimum absolute atomic E-state index is 0.0602. The third-order valence-corrected chi connectivity index (χ3v) is 9.51. The van der Waals surface area contributed by atoms with Crippen LogP contribution in [0.25, 0.3) is 0 Å². The Bertz CT molecular complexity index is 1450. The maximum absolute atomic E-state index is 12.2. The molecule has 5 atom stereocenters. The standard InChI is InChI=1S/C31H38N4O6/c1-15-8-19-9-21-23(11-32)35-22(27(34(21)5)25(19)30(28(15)38-7)39-13-37-6)10-20-16(2)17(3)29-31(41-14-40-29)26(20)24(35)12-33-18(4)36/h8,21-24,27H,9-10,12-14H2,1-7H3,(H,33,36)/t21-,22?,23-,24-,27-/m0/s1. The van der Waals surface area contributed by atoms with Gasteiger partial charge in [0.05, 0.1) is 25.3 Å². The molecule has 41 heavy (non-hydrogen) atoms. The second kappa shape index (κ2) is 10.4.